The highest BCUT2D eigenvalue weighted by Gasteiger charge is 2.44. The fourth-order valence-electron chi connectivity index (χ4n) is 2.06. The van der Waals surface area contributed by atoms with Gasteiger partial charge in [0.05, 0.1) is 0 Å². The van der Waals surface area contributed by atoms with Crippen LogP contribution in [0.5, 0.6) is 0 Å². The molecule has 1 rings (SSSR count). The van der Waals surface area contributed by atoms with E-state index in [1.807, 2.05) is 13.8 Å². The number of nitrogens with one attached hydrogen (secondary N) is 1. The summed E-state index contributed by atoms with van der Waals surface area (Å²) in [5, 5.41) is 12.1. The predicted octanol–water partition coefficient (Wildman–Crippen LogP) is 1.82. The molecule has 0 aliphatic carbocycles. The number of carbonyl (C=O) groups excluding carboxylic acids is 1. The van der Waals surface area contributed by atoms with E-state index >= 15 is 0 Å². The number of hydrogen-bond acceptors (Lipinski definition) is 2. The Morgan fingerprint density at radius 3 is 2.65 bits per heavy atom. The van der Waals surface area contributed by atoms with Crippen LogP contribution in [0.25, 0.3) is 0 Å². The number of rotatable bonds is 3. The Balaban J connectivity index is 2.78. The molecule has 1 aliphatic heterocycles. The van der Waals surface area contributed by atoms with E-state index in [9.17, 15) is 14.7 Å². The number of piperidine rings is 1. The van der Waals surface area contributed by atoms with Crippen LogP contribution < -0.4 is 5.32 Å². The average Bonchev–Trinajstić information content (AvgIpc) is 2.29. The molecular formula is C12H22N2O3. The quantitative estimate of drug-likeness (QED) is 0.793. The number of urea groups is 1. The highest BCUT2D eigenvalue weighted by molar-refractivity contribution is 5.86. The first kappa shape index (κ1) is 13.8. The number of carboxylic acid groups (broad SMARTS) is 1. The molecule has 2 unspecified atom stereocenters. The maximum absolute atomic E-state index is 12.0. The molecule has 2 amide bonds. The van der Waals surface area contributed by atoms with Crippen molar-refractivity contribution in [2.45, 2.75) is 58.0 Å². The van der Waals surface area contributed by atoms with Gasteiger partial charge in [-0.25, -0.2) is 9.59 Å². The van der Waals surface area contributed by atoms with E-state index in [-0.39, 0.29) is 12.1 Å². The zero-order chi connectivity index (χ0) is 13.1. The van der Waals surface area contributed by atoms with Crippen molar-refractivity contribution in [3.05, 3.63) is 0 Å². The molecule has 5 nitrogen and oxygen atoms in total. The van der Waals surface area contributed by atoms with E-state index in [2.05, 4.69) is 5.32 Å². The van der Waals surface area contributed by atoms with Gasteiger partial charge in [-0.05, 0) is 39.5 Å². The lowest BCUT2D eigenvalue weighted by molar-refractivity contribution is -0.150. The minimum atomic E-state index is -1.06. The van der Waals surface area contributed by atoms with Crippen LogP contribution >= 0.6 is 0 Å². The lowest BCUT2D eigenvalue weighted by atomic mass is 9.89. The van der Waals surface area contributed by atoms with Crippen molar-refractivity contribution in [1.82, 2.24) is 10.2 Å². The normalized spacial score (nSPS) is 26.4. The molecule has 0 radical (unpaired) electrons. The lowest BCUT2D eigenvalue weighted by Gasteiger charge is -2.41. The summed E-state index contributed by atoms with van der Waals surface area (Å²) in [5.41, 5.74) is -1.06. The first-order valence-corrected chi connectivity index (χ1v) is 6.23. The Morgan fingerprint density at radius 1 is 1.47 bits per heavy atom. The fraction of sp³-hybridized carbons (Fsp3) is 0.833. The molecule has 2 N–H and O–H groups in total. The Hall–Kier alpha value is -1.26. The number of hydrogen-bond donors (Lipinski definition) is 2. The van der Waals surface area contributed by atoms with Gasteiger partial charge >= 0.3 is 12.0 Å². The summed E-state index contributed by atoms with van der Waals surface area (Å²) in [6, 6.07) is -0.188. The standard InChI is InChI=1S/C12H22N2O3/c1-4-9(2)13-11(17)14-8-6-5-7-12(14,3)10(15)16/h9H,4-8H2,1-3H3,(H,13,17)(H,15,16). The van der Waals surface area contributed by atoms with Crippen LogP contribution in [-0.2, 0) is 4.79 Å². The number of aliphatic carboxylic acids is 1. The van der Waals surface area contributed by atoms with E-state index < -0.39 is 11.5 Å². The van der Waals surface area contributed by atoms with Crippen molar-refractivity contribution in [2.24, 2.45) is 0 Å². The average molecular weight is 242 g/mol. The molecule has 1 fully saturated rings. The minimum absolute atomic E-state index is 0.0717. The third-order valence-corrected chi connectivity index (χ3v) is 3.58. The maximum atomic E-state index is 12.0. The number of carboxylic acids is 1. The number of nitrogens with zero attached hydrogens (tertiary/aromatic N) is 1. The SMILES string of the molecule is CCC(C)NC(=O)N1CCCCC1(C)C(=O)O. The van der Waals surface area contributed by atoms with Gasteiger partial charge in [0, 0.05) is 12.6 Å². The van der Waals surface area contributed by atoms with Gasteiger partial charge in [-0.1, -0.05) is 6.92 Å². The molecule has 98 valence electrons. The second kappa shape index (κ2) is 5.38. The topological polar surface area (TPSA) is 69.6 Å². The zero-order valence-electron chi connectivity index (χ0n) is 10.8. The van der Waals surface area contributed by atoms with Gasteiger partial charge in [-0.15, -0.1) is 0 Å². The third kappa shape index (κ3) is 2.90. The van der Waals surface area contributed by atoms with Crippen molar-refractivity contribution < 1.29 is 14.7 Å². The van der Waals surface area contributed by atoms with Gasteiger partial charge in [0.15, 0.2) is 0 Å². The Morgan fingerprint density at radius 2 is 2.12 bits per heavy atom. The molecular weight excluding hydrogens is 220 g/mol. The van der Waals surface area contributed by atoms with Gasteiger partial charge in [0.25, 0.3) is 0 Å². The van der Waals surface area contributed by atoms with Gasteiger partial charge in [-0.3, -0.25) is 0 Å². The first-order valence-electron chi connectivity index (χ1n) is 6.23. The Labute approximate surface area is 102 Å². The van der Waals surface area contributed by atoms with Crippen LogP contribution in [0.3, 0.4) is 0 Å². The van der Waals surface area contributed by atoms with Gasteiger partial charge in [0.2, 0.25) is 0 Å². The monoisotopic (exact) mass is 242 g/mol. The molecule has 0 bridgehead atoms. The van der Waals surface area contributed by atoms with E-state index in [1.54, 1.807) is 6.92 Å². The fourth-order valence-corrected chi connectivity index (χ4v) is 2.06. The van der Waals surface area contributed by atoms with E-state index in [0.717, 1.165) is 19.3 Å². The van der Waals surface area contributed by atoms with Crippen molar-refractivity contribution in [2.75, 3.05) is 6.54 Å². The molecule has 1 aliphatic rings. The highest BCUT2D eigenvalue weighted by Crippen LogP contribution is 2.28. The number of likely N-dealkylation sites (tertiary alicyclic amines) is 1. The van der Waals surface area contributed by atoms with Gasteiger partial charge in [-0.2, -0.15) is 0 Å². The molecule has 5 heteroatoms. The second-order valence-corrected chi connectivity index (χ2v) is 4.95. The van der Waals surface area contributed by atoms with Crippen molar-refractivity contribution >= 4 is 12.0 Å². The largest absolute Gasteiger partial charge is 0.480 e. The molecule has 1 heterocycles. The van der Waals surface area contributed by atoms with Crippen molar-refractivity contribution in [3.63, 3.8) is 0 Å². The zero-order valence-corrected chi connectivity index (χ0v) is 10.8. The van der Waals surface area contributed by atoms with Gasteiger partial charge in [0.1, 0.15) is 5.54 Å². The molecule has 17 heavy (non-hydrogen) atoms. The summed E-state index contributed by atoms with van der Waals surface area (Å²) in [4.78, 5) is 24.8. The van der Waals surface area contributed by atoms with Crippen LogP contribution in [0.15, 0.2) is 0 Å². The van der Waals surface area contributed by atoms with Crippen molar-refractivity contribution in [1.29, 1.82) is 0 Å². The molecule has 0 aromatic heterocycles. The van der Waals surface area contributed by atoms with Crippen molar-refractivity contribution in [3.8, 4) is 0 Å². The van der Waals surface area contributed by atoms with E-state index in [0.29, 0.717) is 13.0 Å². The second-order valence-electron chi connectivity index (χ2n) is 4.95. The summed E-state index contributed by atoms with van der Waals surface area (Å²) in [7, 11) is 0. The summed E-state index contributed by atoms with van der Waals surface area (Å²) in [6.07, 6.45) is 3.09. The molecule has 0 spiro atoms. The summed E-state index contributed by atoms with van der Waals surface area (Å²) < 4.78 is 0. The maximum Gasteiger partial charge on any atom is 0.329 e. The third-order valence-electron chi connectivity index (χ3n) is 3.58. The number of amides is 2. The Kier molecular flexibility index (Phi) is 4.37. The van der Waals surface area contributed by atoms with Crippen LogP contribution in [0, 0.1) is 0 Å². The van der Waals surface area contributed by atoms with Crippen LogP contribution in [-0.4, -0.2) is 40.1 Å². The summed E-state index contributed by atoms with van der Waals surface area (Å²) in [6.45, 7) is 6.05. The van der Waals surface area contributed by atoms with Crippen LogP contribution in [0.4, 0.5) is 4.79 Å². The smallest absolute Gasteiger partial charge is 0.329 e. The lowest BCUT2D eigenvalue weighted by Crippen LogP contribution is -2.60. The molecule has 2 atom stereocenters. The predicted molar refractivity (Wildman–Crippen MR) is 64.9 cm³/mol. The van der Waals surface area contributed by atoms with Gasteiger partial charge < -0.3 is 15.3 Å². The molecule has 1 saturated heterocycles. The van der Waals surface area contributed by atoms with Crippen LogP contribution in [0.2, 0.25) is 0 Å². The Bertz CT molecular complexity index is 306. The summed E-state index contributed by atoms with van der Waals surface area (Å²) >= 11 is 0. The van der Waals surface area contributed by atoms with E-state index in [1.165, 1.54) is 4.90 Å². The molecule has 0 saturated carbocycles. The number of carbonyl (C=O) groups is 2. The first-order chi connectivity index (χ1) is 7.91. The molecule has 0 aromatic carbocycles. The van der Waals surface area contributed by atoms with Crippen LogP contribution in [0.1, 0.15) is 46.5 Å². The minimum Gasteiger partial charge on any atom is -0.480 e. The summed E-state index contributed by atoms with van der Waals surface area (Å²) in [5.74, 6) is -0.920. The van der Waals surface area contributed by atoms with E-state index in [4.69, 9.17) is 0 Å². The molecule has 0 aromatic rings. The highest BCUT2D eigenvalue weighted by atomic mass is 16.4.